The van der Waals surface area contributed by atoms with E-state index < -0.39 is 35.3 Å². The number of aromatic nitrogens is 5. The first-order valence-electron chi connectivity index (χ1n) is 15.3. The third kappa shape index (κ3) is 6.26. The minimum atomic E-state index is -1.02. The number of pyridine rings is 1. The van der Waals surface area contributed by atoms with Crippen molar-refractivity contribution in [3.8, 4) is 0 Å². The van der Waals surface area contributed by atoms with Crippen molar-refractivity contribution in [2.24, 2.45) is 0 Å². The molecule has 13 heteroatoms. The summed E-state index contributed by atoms with van der Waals surface area (Å²) < 4.78 is 36.8. The highest BCUT2D eigenvalue weighted by Gasteiger charge is 2.36. The Hall–Kier alpha value is -4.94. The number of H-pyrrole nitrogens is 1. The number of amides is 2. The Morgan fingerprint density at radius 1 is 1.04 bits per heavy atom. The number of benzene rings is 1. The third-order valence-electron chi connectivity index (χ3n) is 8.41. The molecule has 3 aromatic heterocycles. The summed E-state index contributed by atoms with van der Waals surface area (Å²) in [7, 11) is 0. The first-order valence-corrected chi connectivity index (χ1v) is 15.3. The molecule has 2 unspecified atom stereocenters. The third-order valence-corrected chi connectivity index (χ3v) is 8.41. The van der Waals surface area contributed by atoms with Crippen molar-refractivity contribution in [1.82, 2.24) is 34.7 Å². The summed E-state index contributed by atoms with van der Waals surface area (Å²) in [5, 5.41) is 2.82. The van der Waals surface area contributed by atoms with Crippen LogP contribution in [-0.2, 0) is 9.53 Å². The van der Waals surface area contributed by atoms with Gasteiger partial charge in [-0.15, -0.1) is 0 Å². The summed E-state index contributed by atoms with van der Waals surface area (Å²) in [5.74, 6) is -2.94. The Morgan fingerprint density at radius 3 is 2.57 bits per heavy atom. The van der Waals surface area contributed by atoms with Crippen molar-refractivity contribution in [3.63, 3.8) is 0 Å². The van der Waals surface area contributed by atoms with Gasteiger partial charge in [0.25, 0.3) is 0 Å². The number of nitrogens with zero attached hydrogens (tertiary/aromatic N) is 5. The van der Waals surface area contributed by atoms with Gasteiger partial charge in [0.15, 0.2) is 17.3 Å². The fourth-order valence-electron chi connectivity index (χ4n) is 6.36. The van der Waals surface area contributed by atoms with Gasteiger partial charge in [0.2, 0.25) is 5.91 Å². The Kier molecular flexibility index (Phi) is 8.41. The molecule has 0 radical (unpaired) electrons. The fourth-order valence-corrected chi connectivity index (χ4v) is 6.36. The minimum Gasteiger partial charge on any atom is -0.444 e. The zero-order chi connectivity index (χ0) is 32.6. The van der Waals surface area contributed by atoms with E-state index >= 15 is 4.39 Å². The van der Waals surface area contributed by atoms with E-state index in [0.717, 1.165) is 11.6 Å². The van der Waals surface area contributed by atoms with E-state index in [0.29, 0.717) is 48.5 Å². The number of fused-ring (bicyclic) bond motifs is 2. The number of alkyl carbamates (subject to hydrolysis) is 1. The number of aromatic amines is 1. The lowest BCUT2D eigenvalue weighted by Gasteiger charge is -2.32. The number of allylic oxidation sites excluding steroid dienone is 1. The van der Waals surface area contributed by atoms with Crippen molar-refractivity contribution < 1.29 is 23.1 Å². The molecular formula is C33H35F2N7O4. The predicted octanol–water partition coefficient (Wildman–Crippen LogP) is 5.18. The van der Waals surface area contributed by atoms with Crippen LogP contribution in [0.15, 0.2) is 59.8 Å². The Morgan fingerprint density at radius 2 is 1.80 bits per heavy atom. The number of hydrogen-bond donors (Lipinski definition) is 2. The van der Waals surface area contributed by atoms with E-state index in [9.17, 15) is 18.8 Å². The van der Waals surface area contributed by atoms with Crippen LogP contribution in [0.1, 0.15) is 81.4 Å². The van der Waals surface area contributed by atoms with Crippen LogP contribution in [0.4, 0.5) is 13.6 Å². The van der Waals surface area contributed by atoms with Crippen molar-refractivity contribution >= 4 is 28.7 Å². The van der Waals surface area contributed by atoms with Gasteiger partial charge in [0.05, 0.1) is 29.4 Å². The van der Waals surface area contributed by atoms with Crippen LogP contribution in [-0.4, -0.2) is 60.1 Å². The standard InChI is InChI=1S/C33H35F2N7O4/c1-33(2,3)46-32(45)39-28-22(21-6-4-7-23(34)26(21)35)10-9-19(27-29(28)37-15-14-36-27)18-25(43)41-16-11-20(12-17-41)42-24-8-5-13-38-30(24)40-31(42)44/h4-9,13-15,20,22,28H,10-12,16-18H2,1-3H3,(H,39,45)(H,38,40,44). The molecule has 1 fully saturated rings. The SMILES string of the molecule is CC(C)(C)OC(=O)NC1c2nccnc2C(CC(=O)N2CCC(n3c(=O)[nH]c4ncccc43)CC2)=CCC1c1cccc(F)c1F. The molecule has 0 bridgehead atoms. The quantitative estimate of drug-likeness (QED) is 0.310. The summed E-state index contributed by atoms with van der Waals surface area (Å²) in [6.07, 6.45) is 6.96. The molecule has 46 heavy (non-hydrogen) atoms. The number of nitrogens with one attached hydrogen (secondary N) is 2. The van der Waals surface area contributed by atoms with Gasteiger partial charge in [0.1, 0.15) is 5.60 Å². The van der Waals surface area contributed by atoms with Crippen molar-refractivity contribution in [3.05, 3.63) is 94.1 Å². The Bertz CT molecular complexity index is 1870. The predicted molar refractivity (Wildman–Crippen MR) is 166 cm³/mol. The van der Waals surface area contributed by atoms with Gasteiger partial charge >= 0.3 is 11.8 Å². The molecule has 1 aromatic carbocycles. The second-order valence-electron chi connectivity index (χ2n) is 12.6. The number of carbonyl (C=O) groups is 2. The lowest BCUT2D eigenvalue weighted by Crippen LogP contribution is -2.40. The van der Waals surface area contributed by atoms with E-state index in [1.165, 1.54) is 24.5 Å². The highest BCUT2D eigenvalue weighted by molar-refractivity contribution is 5.89. The number of piperidine rings is 1. The second-order valence-corrected chi connectivity index (χ2v) is 12.6. The number of halogens is 2. The number of imidazole rings is 1. The molecule has 4 aromatic rings. The molecule has 0 saturated carbocycles. The van der Waals surface area contributed by atoms with Crippen molar-refractivity contribution in [2.45, 2.75) is 70.1 Å². The molecule has 1 aliphatic heterocycles. The zero-order valence-corrected chi connectivity index (χ0v) is 25.8. The molecule has 2 atom stereocenters. The van der Waals surface area contributed by atoms with E-state index in [-0.39, 0.29) is 36.0 Å². The van der Waals surface area contributed by atoms with E-state index in [2.05, 4.69) is 25.3 Å². The average Bonchev–Trinajstić information content (AvgIpc) is 3.28. The summed E-state index contributed by atoms with van der Waals surface area (Å²) >= 11 is 0. The summed E-state index contributed by atoms with van der Waals surface area (Å²) in [6.45, 7) is 6.07. The van der Waals surface area contributed by atoms with Crippen molar-refractivity contribution in [2.75, 3.05) is 13.1 Å². The Balaban J connectivity index is 1.26. The molecule has 2 N–H and O–H groups in total. The first-order chi connectivity index (χ1) is 22.0. The molecule has 1 saturated heterocycles. The minimum absolute atomic E-state index is 0.00910. The normalized spacial score (nSPS) is 18.9. The van der Waals surface area contributed by atoms with Gasteiger partial charge in [-0.1, -0.05) is 18.2 Å². The van der Waals surface area contributed by atoms with E-state index in [1.807, 2.05) is 6.07 Å². The largest absolute Gasteiger partial charge is 0.444 e. The summed E-state index contributed by atoms with van der Waals surface area (Å²) in [5.41, 5.74) is 1.58. The lowest BCUT2D eigenvalue weighted by molar-refractivity contribution is -0.131. The summed E-state index contributed by atoms with van der Waals surface area (Å²) in [6, 6.07) is 6.55. The van der Waals surface area contributed by atoms with Crippen LogP contribution in [0.3, 0.4) is 0 Å². The van der Waals surface area contributed by atoms with Gasteiger partial charge in [-0.25, -0.2) is 23.4 Å². The molecule has 4 heterocycles. The molecule has 1 aliphatic carbocycles. The van der Waals surface area contributed by atoms with Crippen LogP contribution >= 0.6 is 0 Å². The van der Waals surface area contributed by atoms with Crippen LogP contribution in [0.25, 0.3) is 16.7 Å². The van der Waals surface area contributed by atoms with E-state index in [4.69, 9.17) is 4.74 Å². The average molecular weight is 632 g/mol. The van der Waals surface area contributed by atoms with E-state index in [1.54, 1.807) is 48.6 Å². The second kappa shape index (κ2) is 12.5. The highest BCUT2D eigenvalue weighted by atomic mass is 19.2. The van der Waals surface area contributed by atoms with Crippen LogP contribution in [0.2, 0.25) is 0 Å². The maximum absolute atomic E-state index is 15.2. The maximum Gasteiger partial charge on any atom is 0.408 e. The Labute approximate surface area is 263 Å². The monoisotopic (exact) mass is 631 g/mol. The molecule has 2 amide bonds. The molecule has 11 nitrogen and oxygen atoms in total. The molecule has 240 valence electrons. The van der Waals surface area contributed by atoms with Gasteiger partial charge in [-0.3, -0.25) is 24.3 Å². The number of likely N-dealkylation sites (tertiary alicyclic amines) is 1. The molecular weight excluding hydrogens is 596 g/mol. The number of ether oxygens (including phenoxy) is 1. The van der Waals surface area contributed by atoms with Crippen LogP contribution < -0.4 is 11.0 Å². The van der Waals surface area contributed by atoms with Crippen molar-refractivity contribution in [1.29, 1.82) is 0 Å². The number of hydrogen-bond acceptors (Lipinski definition) is 7. The smallest absolute Gasteiger partial charge is 0.408 e. The van der Waals surface area contributed by atoms with Gasteiger partial charge in [-0.05, 0) is 69.4 Å². The number of carbonyl (C=O) groups excluding carboxylic acids is 2. The number of rotatable bonds is 5. The van der Waals surface area contributed by atoms with Crippen LogP contribution in [0.5, 0.6) is 0 Å². The molecule has 0 spiro atoms. The maximum atomic E-state index is 15.2. The zero-order valence-electron chi connectivity index (χ0n) is 25.8. The molecule has 2 aliphatic rings. The highest BCUT2D eigenvalue weighted by Crippen LogP contribution is 2.42. The van der Waals surface area contributed by atoms with Gasteiger partial charge in [-0.2, -0.15) is 0 Å². The van der Waals surface area contributed by atoms with Gasteiger partial charge in [0, 0.05) is 43.6 Å². The fraction of sp³-hybridized carbons (Fsp3) is 0.394. The topological polar surface area (TPSA) is 135 Å². The first kappa shape index (κ1) is 31.1. The molecule has 6 rings (SSSR count). The van der Waals surface area contributed by atoms with Gasteiger partial charge < -0.3 is 15.0 Å². The lowest BCUT2D eigenvalue weighted by atomic mass is 9.87. The summed E-state index contributed by atoms with van der Waals surface area (Å²) in [4.78, 5) is 57.2. The van der Waals surface area contributed by atoms with Crippen LogP contribution in [0, 0.1) is 11.6 Å².